The molecule has 29 heavy (non-hydrogen) atoms. The molecule has 2 heterocycles. The molecule has 0 bridgehead atoms. The molecule has 2 aromatic carbocycles. The molecule has 0 unspecified atom stereocenters. The van der Waals surface area contributed by atoms with Crippen LogP contribution in [0.1, 0.15) is 41.6 Å². The van der Waals surface area contributed by atoms with Gasteiger partial charge in [-0.1, -0.05) is 12.1 Å². The van der Waals surface area contributed by atoms with Crippen LogP contribution in [0.15, 0.2) is 42.6 Å². The largest absolute Gasteiger partial charge is 0.494 e. The van der Waals surface area contributed by atoms with Crippen LogP contribution in [0.25, 0.3) is 22.0 Å². The summed E-state index contributed by atoms with van der Waals surface area (Å²) in [6.07, 6.45) is 3.36. The Kier molecular flexibility index (Phi) is 5.29. The molecule has 0 spiro atoms. The Morgan fingerprint density at radius 2 is 1.86 bits per heavy atom. The number of fused-ring (bicyclic) bond motifs is 1. The summed E-state index contributed by atoms with van der Waals surface area (Å²) in [7, 11) is -2.44. The summed E-state index contributed by atoms with van der Waals surface area (Å²) in [6, 6.07) is 11.7. The van der Waals surface area contributed by atoms with Crippen LogP contribution < -0.4 is 10.5 Å². The number of benzene rings is 2. The maximum atomic E-state index is 12.1. The Labute approximate surface area is 171 Å². The van der Waals surface area contributed by atoms with E-state index >= 15 is 0 Å². The van der Waals surface area contributed by atoms with Gasteiger partial charge in [-0.3, -0.25) is 13.9 Å². The van der Waals surface area contributed by atoms with Crippen molar-refractivity contribution in [1.29, 1.82) is 0 Å². The smallest absolute Gasteiger partial charge is 0.250 e. The van der Waals surface area contributed by atoms with Crippen molar-refractivity contribution in [1.82, 2.24) is 4.98 Å². The predicted molar refractivity (Wildman–Crippen MR) is 118 cm³/mol. The molecule has 0 aliphatic carbocycles. The van der Waals surface area contributed by atoms with Crippen LogP contribution >= 0.6 is 10.6 Å². The monoisotopic (exact) mass is 414 g/mol. The van der Waals surface area contributed by atoms with Crippen molar-refractivity contribution in [3.8, 4) is 16.9 Å². The van der Waals surface area contributed by atoms with Gasteiger partial charge in [0.1, 0.15) is 5.75 Å². The van der Waals surface area contributed by atoms with E-state index in [0.717, 1.165) is 33.3 Å². The van der Waals surface area contributed by atoms with Crippen molar-refractivity contribution in [2.45, 2.75) is 25.7 Å². The SMILES string of the molecule is CCOc1ccc(-c2cc(C(N)=O)c3[nH]cc(C4CCS(O)(O)CC4)c3c2)cc1. The van der Waals surface area contributed by atoms with Crippen LogP contribution in [-0.2, 0) is 0 Å². The van der Waals surface area contributed by atoms with Gasteiger partial charge < -0.3 is 15.5 Å². The van der Waals surface area contributed by atoms with Crippen molar-refractivity contribution in [3.63, 3.8) is 0 Å². The van der Waals surface area contributed by atoms with E-state index in [1.165, 1.54) is 0 Å². The van der Waals surface area contributed by atoms with E-state index in [1.54, 1.807) is 0 Å². The average Bonchev–Trinajstić information content (AvgIpc) is 3.12. The van der Waals surface area contributed by atoms with Crippen LogP contribution in [0, 0.1) is 0 Å². The molecule has 1 fully saturated rings. The molecule has 0 saturated carbocycles. The van der Waals surface area contributed by atoms with E-state index in [2.05, 4.69) is 11.1 Å². The number of carbonyl (C=O) groups excluding carboxylic acids is 1. The van der Waals surface area contributed by atoms with Gasteiger partial charge in [-0.15, -0.1) is 0 Å². The zero-order valence-electron chi connectivity index (χ0n) is 16.4. The average molecular weight is 415 g/mol. The number of nitrogens with two attached hydrogens (primary N) is 1. The summed E-state index contributed by atoms with van der Waals surface area (Å²) in [5, 5.41) is 0.966. The number of aromatic nitrogens is 1. The van der Waals surface area contributed by atoms with Crippen LogP contribution in [0.4, 0.5) is 0 Å². The van der Waals surface area contributed by atoms with Crippen molar-refractivity contribution >= 4 is 27.4 Å². The summed E-state index contributed by atoms with van der Waals surface area (Å²) < 4.78 is 25.4. The number of ether oxygens (including phenoxy) is 1. The number of primary amides is 1. The second kappa shape index (κ2) is 7.74. The summed E-state index contributed by atoms with van der Waals surface area (Å²) in [5.74, 6) is 1.39. The Bertz CT molecular complexity index is 1030. The first-order chi connectivity index (χ1) is 13.9. The van der Waals surface area contributed by atoms with E-state index in [0.29, 0.717) is 36.5 Å². The summed E-state index contributed by atoms with van der Waals surface area (Å²) in [4.78, 5) is 15.3. The highest BCUT2D eigenvalue weighted by atomic mass is 32.3. The molecule has 4 rings (SSSR count). The molecule has 1 aliphatic heterocycles. The number of rotatable bonds is 5. The second-order valence-corrected chi connectivity index (χ2v) is 9.92. The topological polar surface area (TPSA) is 109 Å². The Hall–Kier alpha value is -2.48. The van der Waals surface area contributed by atoms with E-state index < -0.39 is 16.5 Å². The summed E-state index contributed by atoms with van der Waals surface area (Å²) >= 11 is 0. The number of hydrogen-bond acceptors (Lipinski definition) is 4. The lowest BCUT2D eigenvalue weighted by Gasteiger charge is -2.39. The third-order valence-corrected chi connectivity index (χ3v) is 7.39. The number of amides is 1. The molecule has 1 aliphatic rings. The van der Waals surface area contributed by atoms with Gasteiger partial charge in [-0.05, 0) is 66.6 Å². The molecule has 1 aromatic heterocycles. The molecule has 5 N–H and O–H groups in total. The molecule has 6 nitrogen and oxygen atoms in total. The lowest BCUT2D eigenvalue weighted by atomic mass is 9.91. The van der Waals surface area contributed by atoms with Gasteiger partial charge in [-0.2, -0.15) is 10.6 Å². The van der Waals surface area contributed by atoms with Crippen molar-refractivity contribution in [2.24, 2.45) is 5.73 Å². The molecule has 7 heteroatoms. The van der Waals surface area contributed by atoms with Gasteiger partial charge in [0.2, 0.25) is 0 Å². The Morgan fingerprint density at radius 3 is 2.48 bits per heavy atom. The fourth-order valence-electron chi connectivity index (χ4n) is 4.08. The maximum Gasteiger partial charge on any atom is 0.250 e. The van der Waals surface area contributed by atoms with Crippen molar-refractivity contribution in [2.75, 3.05) is 18.1 Å². The molecule has 0 radical (unpaired) electrons. The number of nitrogens with one attached hydrogen (secondary N) is 1. The molecular formula is C22H26N2O4S. The van der Waals surface area contributed by atoms with E-state index in [4.69, 9.17) is 10.5 Å². The van der Waals surface area contributed by atoms with Gasteiger partial charge in [0.15, 0.2) is 0 Å². The molecular weight excluding hydrogens is 388 g/mol. The van der Waals surface area contributed by atoms with Gasteiger partial charge in [-0.25, -0.2) is 0 Å². The zero-order chi connectivity index (χ0) is 20.6. The van der Waals surface area contributed by atoms with Crippen LogP contribution in [-0.4, -0.2) is 38.1 Å². The summed E-state index contributed by atoms with van der Waals surface area (Å²) in [6.45, 7) is 2.55. The lowest BCUT2D eigenvalue weighted by molar-refractivity contribution is 0.100. The van der Waals surface area contributed by atoms with E-state index in [9.17, 15) is 13.9 Å². The molecule has 154 valence electrons. The van der Waals surface area contributed by atoms with Gasteiger partial charge in [0.05, 0.1) is 17.7 Å². The highest BCUT2D eigenvalue weighted by molar-refractivity contribution is 8.24. The standard InChI is InChI=1S/C22H26N2O4S/c1-2-28-17-5-3-14(4-6-17)16-11-18-20(15-7-9-29(26,27)10-8-15)13-24-21(18)19(12-16)22(23)25/h3-6,11-13,15,24,26-27H,2,7-10H2,1H3,(H2,23,25). The number of aromatic amines is 1. The molecule has 1 amide bonds. The minimum absolute atomic E-state index is 0.222. The molecule has 1 saturated heterocycles. The minimum atomic E-state index is -2.44. The van der Waals surface area contributed by atoms with Crippen molar-refractivity contribution in [3.05, 3.63) is 53.7 Å². The third-order valence-electron chi connectivity index (χ3n) is 5.61. The van der Waals surface area contributed by atoms with Crippen LogP contribution in [0.5, 0.6) is 5.75 Å². The maximum absolute atomic E-state index is 12.1. The first-order valence-corrected chi connectivity index (χ1v) is 11.7. The fraction of sp³-hybridized carbons (Fsp3) is 0.318. The number of carbonyl (C=O) groups is 1. The van der Waals surface area contributed by atoms with Crippen LogP contribution in [0.2, 0.25) is 0 Å². The lowest BCUT2D eigenvalue weighted by Crippen LogP contribution is -2.19. The quantitative estimate of drug-likeness (QED) is 0.473. The fourth-order valence-corrected chi connectivity index (χ4v) is 5.61. The van der Waals surface area contributed by atoms with E-state index in [-0.39, 0.29) is 5.92 Å². The van der Waals surface area contributed by atoms with E-state index in [1.807, 2.05) is 43.5 Å². The highest BCUT2D eigenvalue weighted by Gasteiger charge is 2.27. The van der Waals surface area contributed by atoms with Crippen molar-refractivity contribution < 1.29 is 18.6 Å². The second-order valence-electron chi connectivity index (χ2n) is 7.50. The zero-order valence-corrected chi connectivity index (χ0v) is 17.2. The van der Waals surface area contributed by atoms with Gasteiger partial charge in [0.25, 0.3) is 5.91 Å². The molecule has 0 atom stereocenters. The van der Waals surface area contributed by atoms with Crippen LogP contribution in [0.3, 0.4) is 0 Å². The first-order valence-electron chi connectivity index (χ1n) is 9.79. The number of hydrogen-bond donors (Lipinski definition) is 4. The molecule has 3 aromatic rings. The first kappa shape index (κ1) is 19.8. The Balaban J connectivity index is 1.77. The van der Waals surface area contributed by atoms with Gasteiger partial charge >= 0.3 is 0 Å². The normalized spacial score (nSPS) is 17.9. The minimum Gasteiger partial charge on any atom is -0.494 e. The van der Waals surface area contributed by atoms with Gasteiger partial charge in [0, 0.05) is 23.1 Å². The highest BCUT2D eigenvalue weighted by Crippen LogP contribution is 2.49. The Morgan fingerprint density at radius 1 is 1.17 bits per heavy atom. The number of H-pyrrole nitrogens is 1. The third kappa shape index (κ3) is 3.99. The predicted octanol–water partition coefficient (Wildman–Crippen LogP) is 4.96. The summed E-state index contributed by atoms with van der Waals surface area (Å²) in [5.41, 5.74) is 9.85.